The maximum absolute atomic E-state index is 6.34. The molecule has 1 aliphatic carbocycles. The first kappa shape index (κ1) is 13.3. The third-order valence-corrected chi connectivity index (χ3v) is 5.25. The van der Waals surface area contributed by atoms with Crippen molar-refractivity contribution in [3.8, 4) is 11.4 Å². The van der Waals surface area contributed by atoms with E-state index in [1.54, 1.807) is 6.20 Å². The number of anilines is 1. The highest BCUT2D eigenvalue weighted by molar-refractivity contribution is 6.33. The molecule has 0 bridgehead atoms. The van der Waals surface area contributed by atoms with Gasteiger partial charge in [0, 0.05) is 24.5 Å². The second kappa shape index (κ2) is 4.66. The second-order valence-corrected chi connectivity index (χ2v) is 6.70. The van der Waals surface area contributed by atoms with E-state index >= 15 is 0 Å². The van der Waals surface area contributed by atoms with Crippen molar-refractivity contribution in [3.63, 3.8) is 0 Å². The molecule has 0 radical (unpaired) electrons. The summed E-state index contributed by atoms with van der Waals surface area (Å²) >= 11 is 6.34. The topological polar surface area (TPSA) is 83.7 Å². The number of benzene rings is 1. The Morgan fingerprint density at radius 2 is 1.96 bits per heavy atom. The van der Waals surface area contributed by atoms with Crippen molar-refractivity contribution in [3.05, 3.63) is 35.5 Å². The summed E-state index contributed by atoms with van der Waals surface area (Å²) in [5.41, 5.74) is 8.39. The molecule has 2 unspecified atom stereocenters. The van der Waals surface area contributed by atoms with Crippen LogP contribution < -0.4 is 10.6 Å². The fourth-order valence-corrected chi connectivity index (χ4v) is 3.74. The Labute approximate surface area is 137 Å². The summed E-state index contributed by atoms with van der Waals surface area (Å²) in [6, 6.07) is 8.30. The maximum atomic E-state index is 6.34. The third-order valence-electron chi connectivity index (χ3n) is 4.97. The van der Waals surface area contributed by atoms with E-state index in [0.29, 0.717) is 34.5 Å². The molecular formula is C16H15ClN6. The number of halogens is 1. The average molecular weight is 327 g/mol. The summed E-state index contributed by atoms with van der Waals surface area (Å²) < 4.78 is 0. The summed E-state index contributed by atoms with van der Waals surface area (Å²) in [4.78, 5) is 11.3. The molecule has 0 spiro atoms. The molecule has 1 saturated carbocycles. The first-order chi connectivity index (χ1) is 11.2. The van der Waals surface area contributed by atoms with Gasteiger partial charge in [-0.25, -0.2) is 9.97 Å². The van der Waals surface area contributed by atoms with Crippen molar-refractivity contribution in [1.82, 2.24) is 20.2 Å². The Kier molecular flexibility index (Phi) is 2.69. The standard InChI is InChI=1S/C16H15ClN6/c17-11-5-19-16(23-6-9-10(7-23)13(9)18)20-15(11)14-8-3-1-2-4-12(8)21-22-14/h1-5,9-10,13H,6-7,18H2,(H,21,22). The molecule has 2 fully saturated rings. The largest absolute Gasteiger partial charge is 0.340 e. The van der Waals surface area contributed by atoms with Crippen LogP contribution >= 0.6 is 11.6 Å². The Morgan fingerprint density at radius 1 is 1.17 bits per heavy atom. The van der Waals surface area contributed by atoms with Crippen LogP contribution in [0.5, 0.6) is 0 Å². The van der Waals surface area contributed by atoms with Crippen LogP contribution in [0.25, 0.3) is 22.3 Å². The van der Waals surface area contributed by atoms with Crippen molar-refractivity contribution in [1.29, 1.82) is 0 Å². The quantitative estimate of drug-likeness (QED) is 0.753. The lowest BCUT2D eigenvalue weighted by Gasteiger charge is -2.19. The average Bonchev–Trinajstić information content (AvgIpc) is 3.00. The van der Waals surface area contributed by atoms with Crippen molar-refractivity contribution < 1.29 is 0 Å². The van der Waals surface area contributed by atoms with Crippen LogP contribution in [0.2, 0.25) is 5.02 Å². The first-order valence-electron chi connectivity index (χ1n) is 7.69. The first-order valence-corrected chi connectivity index (χ1v) is 8.07. The number of rotatable bonds is 2. The van der Waals surface area contributed by atoms with Gasteiger partial charge in [0.05, 0.1) is 16.7 Å². The number of hydrogen-bond donors (Lipinski definition) is 2. The van der Waals surface area contributed by atoms with Crippen LogP contribution in [0.3, 0.4) is 0 Å². The number of aromatic amines is 1. The van der Waals surface area contributed by atoms with E-state index in [9.17, 15) is 0 Å². The molecule has 1 aliphatic heterocycles. The summed E-state index contributed by atoms with van der Waals surface area (Å²) in [6.07, 6.45) is 1.66. The van der Waals surface area contributed by atoms with E-state index in [-0.39, 0.29) is 0 Å². The minimum absolute atomic E-state index is 0.355. The smallest absolute Gasteiger partial charge is 0.226 e. The molecule has 2 aliphatic rings. The molecule has 3 N–H and O–H groups in total. The highest BCUT2D eigenvalue weighted by Crippen LogP contribution is 2.45. The summed E-state index contributed by atoms with van der Waals surface area (Å²) in [5, 5.41) is 8.93. The van der Waals surface area contributed by atoms with E-state index in [1.165, 1.54) is 0 Å². The third kappa shape index (κ3) is 1.95. The van der Waals surface area contributed by atoms with Crippen LogP contribution in [0.15, 0.2) is 30.5 Å². The van der Waals surface area contributed by atoms with Gasteiger partial charge in [0.25, 0.3) is 0 Å². The Hall–Kier alpha value is -2.18. The lowest BCUT2D eigenvalue weighted by atomic mass is 10.1. The number of nitrogens with two attached hydrogens (primary N) is 1. The van der Waals surface area contributed by atoms with Crippen molar-refractivity contribution in [2.24, 2.45) is 17.6 Å². The predicted octanol–water partition coefficient (Wildman–Crippen LogP) is 2.07. The van der Waals surface area contributed by atoms with Gasteiger partial charge in [0.15, 0.2) is 0 Å². The fourth-order valence-electron chi connectivity index (χ4n) is 3.56. The fraction of sp³-hybridized carbons (Fsp3) is 0.312. The van der Waals surface area contributed by atoms with Crippen LogP contribution in [0.4, 0.5) is 5.95 Å². The minimum atomic E-state index is 0.355. The van der Waals surface area contributed by atoms with Gasteiger partial charge in [0.1, 0.15) is 11.4 Å². The summed E-state index contributed by atoms with van der Waals surface area (Å²) in [6.45, 7) is 1.85. The monoisotopic (exact) mass is 326 g/mol. The number of para-hydroxylation sites is 1. The number of aromatic nitrogens is 4. The van der Waals surface area contributed by atoms with Gasteiger partial charge in [0.2, 0.25) is 5.95 Å². The lowest BCUT2D eigenvalue weighted by molar-refractivity contribution is 0.725. The molecule has 2 aromatic heterocycles. The van der Waals surface area contributed by atoms with Gasteiger partial charge >= 0.3 is 0 Å². The Bertz CT molecular complexity index is 894. The predicted molar refractivity (Wildman–Crippen MR) is 89.3 cm³/mol. The van der Waals surface area contributed by atoms with Gasteiger partial charge < -0.3 is 10.6 Å². The van der Waals surface area contributed by atoms with E-state index in [0.717, 1.165) is 29.7 Å². The minimum Gasteiger partial charge on any atom is -0.340 e. The van der Waals surface area contributed by atoms with Gasteiger partial charge in [-0.05, 0) is 17.9 Å². The Morgan fingerprint density at radius 3 is 2.78 bits per heavy atom. The number of piperidine rings is 1. The molecule has 2 atom stereocenters. The Balaban J connectivity index is 1.56. The van der Waals surface area contributed by atoms with Crippen LogP contribution in [0, 0.1) is 11.8 Å². The molecule has 3 aromatic rings. The van der Waals surface area contributed by atoms with E-state index in [2.05, 4.69) is 25.1 Å². The molecule has 6 nitrogen and oxygen atoms in total. The van der Waals surface area contributed by atoms with Crippen LogP contribution in [0.1, 0.15) is 0 Å². The SMILES string of the molecule is NC1C2CN(c3ncc(Cl)c(-c4n[nH]c5ccccc45)n3)CC12. The molecule has 116 valence electrons. The van der Waals surface area contributed by atoms with Gasteiger partial charge in [-0.15, -0.1) is 0 Å². The van der Waals surface area contributed by atoms with Gasteiger partial charge in [-0.1, -0.05) is 29.8 Å². The second-order valence-electron chi connectivity index (χ2n) is 6.29. The zero-order valence-corrected chi connectivity index (χ0v) is 13.0. The molecule has 1 aromatic carbocycles. The van der Waals surface area contributed by atoms with Crippen LogP contribution in [-0.2, 0) is 0 Å². The van der Waals surface area contributed by atoms with E-state index in [4.69, 9.17) is 17.3 Å². The highest BCUT2D eigenvalue weighted by atomic mass is 35.5. The molecule has 0 amide bonds. The molecule has 3 heterocycles. The number of nitrogens with zero attached hydrogens (tertiary/aromatic N) is 4. The van der Waals surface area contributed by atoms with Crippen molar-refractivity contribution in [2.45, 2.75) is 6.04 Å². The van der Waals surface area contributed by atoms with E-state index < -0.39 is 0 Å². The number of fused-ring (bicyclic) bond motifs is 2. The molecule has 23 heavy (non-hydrogen) atoms. The van der Waals surface area contributed by atoms with Crippen molar-refractivity contribution in [2.75, 3.05) is 18.0 Å². The molecule has 1 saturated heterocycles. The number of hydrogen-bond acceptors (Lipinski definition) is 5. The normalized spacial score (nSPS) is 25.8. The molecule has 5 rings (SSSR count). The summed E-state index contributed by atoms with van der Waals surface area (Å²) in [7, 11) is 0. The van der Waals surface area contributed by atoms with Crippen LogP contribution in [-0.4, -0.2) is 39.3 Å². The van der Waals surface area contributed by atoms with E-state index in [1.807, 2.05) is 24.3 Å². The lowest BCUT2D eigenvalue weighted by Crippen LogP contribution is -2.29. The molecular weight excluding hydrogens is 312 g/mol. The zero-order chi connectivity index (χ0) is 15.6. The van der Waals surface area contributed by atoms with Gasteiger partial charge in [-0.3, -0.25) is 5.10 Å². The zero-order valence-electron chi connectivity index (χ0n) is 12.3. The van der Waals surface area contributed by atoms with Gasteiger partial charge in [-0.2, -0.15) is 5.10 Å². The summed E-state index contributed by atoms with van der Waals surface area (Å²) in [5.74, 6) is 1.88. The number of H-pyrrole nitrogens is 1. The maximum Gasteiger partial charge on any atom is 0.226 e. The molecule has 7 heteroatoms. The number of nitrogens with one attached hydrogen (secondary N) is 1. The highest BCUT2D eigenvalue weighted by Gasteiger charge is 2.54. The van der Waals surface area contributed by atoms with Crippen molar-refractivity contribution >= 4 is 28.5 Å².